The largest absolute Gasteiger partial charge is 0.519 e. The van der Waals surface area contributed by atoms with Gasteiger partial charge in [-0.3, -0.25) is 4.68 Å². The van der Waals surface area contributed by atoms with Gasteiger partial charge in [0.1, 0.15) is 5.69 Å². The highest BCUT2D eigenvalue weighted by molar-refractivity contribution is 6.58. The van der Waals surface area contributed by atoms with Crippen LogP contribution in [0, 0.1) is 13.8 Å². The van der Waals surface area contributed by atoms with Gasteiger partial charge in [0.05, 0.1) is 12.2 Å². The van der Waals surface area contributed by atoms with Gasteiger partial charge in [-0.05, 0) is 13.8 Å². The molecular weight excluding hydrogens is 196 g/mol. The first-order valence-corrected chi connectivity index (χ1v) is 4.15. The van der Waals surface area contributed by atoms with Crippen LogP contribution in [0.25, 0.3) is 0 Å². The van der Waals surface area contributed by atoms with Crippen molar-refractivity contribution in [2.24, 2.45) is 7.05 Å². The maximum absolute atomic E-state index is 11.9. The van der Waals surface area contributed by atoms with Gasteiger partial charge in [0.2, 0.25) is 0 Å². The van der Waals surface area contributed by atoms with E-state index in [1.165, 1.54) is 4.68 Å². The Bertz CT molecular complexity index is 334. The maximum Gasteiger partial charge on any atom is 0.515 e. The van der Waals surface area contributed by atoms with Gasteiger partial charge in [-0.25, -0.2) is 0 Å². The number of aryl methyl sites for hydroxylation is 2. The monoisotopic (exact) mass is 207 g/mol. The van der Waals surface area contributed by atoms with Gasteiger partial charge in [-0.2, -0.15) is 5.10 Å². The maximum atomic E-state index is 11.9. The molecule has 7 heteroatoms. The third-order valence-corrected chi connectivity index (χ3v) is 1.86. The molecule has 0 bridgehead atoms. The fraction of sp³-hybridized carbons (Fsp3) is 0.571. The highest BCUT2D eigenvalue weighted by Gasteiger charge is 2.25. The van der Waals surface area contributed by atoms with Crippen LogP contribution in [0.15, 0.2) is 0 Å². The number of ether oxygens (including phenoxy) is 1. The zero-order valence-corrected chi connectivity index (χ0v) is 8.22. The van der Waals surface area contributed by atoms with Gasteiger partial charge >= 0.3 is 6.98 Å². The van der Waals surface area contributed by atoms with Crippen molar-refractivity contribution in [2.75, 3.05) is 6.51 Å². The first-order valence-electron chi connectivity index (χ1n) is 4.15. The Morgan fingerprint density at radius 2 is 1.93 bits per heavy atom. The Morgan fingerprint density at radius 3 is 2.29 bits per heavy atom. The summed E-state index contributed by atoms with van der Waals surface area (Å²) in [5.74, 6) is 0.228. The van der Waals surface area contributed by atoms with Gasteiger partial charge < -0.3 is 17.7 Å². The summed E-state index contributed by atoms with van der Waals surface area (Å²) in [6.45, 7) is -2.84. The first kappa shape index (κ1) is 10.9. The summed E-state index contributed by atoms with van der Waals surface area (Å²) in [6.07, 6.45) is 0. The molecule has 0 N–H and O–H groups in total. The predicted octanol–water partition coefficient (Wildman–Crippen LogP) is 1.80. The van der Waals surface area contributed by atoms with Gasteiger partial charge in [-0.1, -0.05) is 0 Å². The van der Waals surface area contributed by atoms with Gasteiger partial charge in [0.15, 0.2) is 5.75 Å². The molecular formula is C7H11BF3N2O-. The van der Waals surface area contributed by atoms with Crippen LogP contribution in [0.1, 0.15) is 11.4 Å². The Morgan fingerprint density at radius 1 is 1.36 bits per heavy atom. The van der Waals surface area contributed by atoms with E-state index in [4.69, 9.17) is 0 Å². The molecule has 1 aromatic heterocycles. The van der Waals surface area contributed by atoms with Crippen LogP contribution in [0.3, 0.4) is 0 Å². The number of rotatable bonds is 3. The highest BCUT2D eigenvalue weighted by Crippen LogP contribution is 2.22. The summed E-state index contributed by atoms with van der Waals surface area (Å²) >= 11 is 0. The molecule has 0 unspecified atom stereocenters. The second kappa shape index (κ2) is 3.55. The van der Waals surface area contributed by atoms with Gasteiger partial charge in [0.25, 0.3) is 0 Å². The van der Waals surface area contributed by atoms with E-state index in [9.17, 15) is 12.9 Å². The molecule has 3 nitrogen and oxygen atoms in total. The van der Waals surface area contributed by atoms with E-state index in [-0.39, 0.29) is 5.75 Å². The molecule has 1 aromatic rings. The van der Waals surface area contributed by atoms with Gasteiger partial charge in [-0.15, -0.1) is 0 Å². The summed E-state index contributed by atoms with van der Waals surface area (Å²) in [5.41, 5.74) is 1.08. The zero-order valence-electron chi connectivity index (χ0n) is 8.22. The fourth-order valence-corrected chi connectivity index (χ4v) is 1.14. The molecule has 0 fully saturated rings. The summed E-state index contributed by atoms with van der Waals surface area (Å²) in [4.78, 5) is 0. The number of hydrogen-bond donors (Lipinski definition) is 0. The van der Waals surface area contributed by atoms with Crippen LogP contribution >= 0.6 is 0 Å². The summed E-state index contributed by atoms with van der Waals surface area (Å²) < 4.78 is 41.9. The second-order valence-electron chi connectivity index (χ2n) is 3.14. The lowest BCUT2D eigenvalue weighted by molar-refractivity contribution is 0.310. The molecule has 0 aliphatic carbocycles. The smallest absolute Gasteiger partial charge is 0.515 e. The minimum atomic E-state index is -4.91. The molecule has 1 heterocycles. The number of nitrogens with zero attached hydrogens (tertiary/aromatic N) is 2. The highest BCUT2D eigenvalue weighted by atomic mass is 19.4. The van der Waals surface area contributed by atoms with Crippen molar-refractivity contribution >= 4 is 6.98 Å². The second-order valence-corrected chi connectivity index (χ2v) is 3.14. The van der Waals surface area contributed by atoms with Crippen LogP contribution in [0.5, 0.6) is 5.75 Å². The van der Waals surface area contributed by atoms with Crippen molar-refractivity contribution in [3.05, 3.63) is 11.4 Å². The van der Waals surface area contributed by atoms with Crippen molar-refractivity contribution < 1.29 is 17.7 Å². The predicted molar refractivity (Wildman–Crippen MR) is 47.3 cm³/mol. The Labute approximate surface area is 79.9 Å². The molecule has 14 heavy (non-hydrogen) atoms. The molecule has 80 valence electrons. The van der Waals surface area contributed by atoms with E-state index in [1.54, 1.807) is 20.9 Å². The average Bonchev–Trinajstić information content (AvgIpc) is 2.23. The zero-order chi connectivity index (χ0) is 10.9. The minimum Gasteiger partial charge on any atom is -0.519 e. The average molecular weight is 207 g/mol. The van der Waals surface area contributed by atoms with Crippen LogP contribution in [-0.4, -0.2) is 23.3 Å². The Balaban J connectivity index is 2.77. The molecule has 0 saturated carbocycles. The topological polar surface area (TPSA) is 27.1 Å². The van der Waals surface area contributed by atoms with E-state index in [0.29, 0.717) is 11.4 Å². The lowest BCUT2D eigenvalue weighted by Crippen LogP contribution is -2.26. The summed E-state index contributed by atoms with van der Waals surface area (Å²) in [5, 5.41) is 3.94. The number of halogens is 3. The van der Waals surface area contributed by atoms with E-state index in [1.807, 2.05) is 0 Å². The van der Waals surface area contributed by atoms with Crippen LogP contribution < -0.4 is 4.74 Å². The van der Waals surface area contributed by atoms with E-state index >= 15 is 0 Å². The third kappa shape index (κ3) is 2.43. The van der Waals surface area contributed by atoms with Gasteiger partial charge in [0, 0.05) is 7.05 Å². The molecule has 0 spiro atoms. The van der Waals surface area contributed by atoms with Crippen molar-refractivity contribution in [3.8, 4) is 5.75 Å². The summed E-state index contributed by atoms with van der Waals surface area (Å²) in [7, 11) is 1.66. The SMILES string of the molecule is Cc1nn(C)c(C)c1OC[B-](F)(F)F. The van der Waals surface area contributed by atoms with Crippen molar-refractivity contribution in [1.82, 2.24) is 9.78 Å². The third-order valence-electron chi connectivity index (χ3n) is 1.86. The summed E-state index contributed by atoms with van der Waals surface area (Å²) in [6, 6.07) is 0. The lowest BCUT2D eigenvalue weighted by atomic mass is 9.95. The van der Waals surface area contributed by atoms with Crippen LogP contribution in [-0.2, 0) is 7.05 Å². The Kier molecular flexibility index (Phi) is 2.77. The molecule has 0 radical (unpaired) electrons. The quantitative estimate of drug-likeness (QED) is 0.706. The number of hydrogen-bond acceptors (Lipinski definition) is 2. The molecule has 0 aliphatic heterocycles. The molecule has 1 rings (SSSR count). The molecule has 0 atom stereocenters. The van der Waals surface area contributed by atoms with E-state index < -0.39 is 13.5 Å². The standard InChI is InChI=1S/C7H11BF3N2O/c1-5-7(6(2)13(3)12-5)14-4-8(9,10)11/h4H2,1-3H3/q-1. The Hall–Kier alpha value is -1.14. The molecule has 0 saturated heterocycles. The van der Waals surface area contributed by atoms with Crippen molar-refractivity contribution in [3.63, 3.8) is 0 Å². The fourth-order valence-electron chi connectivity index (χ4n) is 1.14. The van der Waals surface area contributed by atoms with Crippen LogP contribution in [0.2, 0.25) is 0 Å². The van der Waals surface area contributed by atoms with E-state index in [2.05, 4.69) is 9.84 Å². The van der Waals surface area contributed by atoms with Crippen LogP contribution in [0.4, 0.5) is 12.9 Å². The molecule has 0 aliphatic rings. The molecule has 0 aromatic carbocycles. The lowest BCUT2D eigenvalue weighted by Gasteiger charge is -2.15. The number of aromatic nitrogens is 2. The minimum absolute atomic E-state index is 0.228. The first-order chi connectivity index (χ1) is 6.31. The normalized spacial score (nSPS) is 11.9. The van der Waals surface area contributed by atoms with Crippen molar-refractivity contribution in [2.45, 2.75) is 13.8 Å². The van der Waals surface area contributed by atoms with Crippen molar-refractivity contribution in [1.29, 1.82) is 0 Å². The van der Waals surface area contributed by atoms with E-state index in [0.717, 1.165) is 0 Å². The molecule has 0 amide bonds.